The fourth-order valence-electron chi connectivity index (χ4n) is 3.45. The van der Waals surface area contributed by atoms with Crippen molar-refractivity contribution in [3.8, 4) is 11.1 Å². The minimum absolute atomic E-state index is 0.0128. The number of carbonyl (C=O) groups is 2. The van der Waals surface area contributed by atoms with Crippen LogP contribution in [-0.4, -0.2) is 11.6 Å². The van der Waals surface area contributed by atoms with E-state index in [9.17, 15) is 9.59 Å². The Morgan fingerprint density at radius 2 is 1.48 bits per heavy atom. The van der Waals surface area contributed by atoms with Crippen LogP contribution in [0.5, 0.6) is 0 Å². The van der Waals surface area contributed by atoms with Crippen LogP contribution in [0.1, 0.15) is 24.0 Å². The summed E-state index contributed by atoms with van der Waals surface area (Å²) in [7, 11) is 0. The van der Waals surface area contributed by atoms with Crippen LogP contribution >= 0.6 is 0 Å². The van der Waals surface area contributed by atoms with Crippen LogP contribution in [-0.2, 0) is 16.0 Å². The molecule has 0 unspecified atom stereocenters. The van der Waals surface area contributed by atoms with Gasteiger partial charge in [-0.25, -0.2) is 0 Å². The molecule has 2 aromatic rings. The Labute approximate surface area is 123 Å². The van der Waals surface area contributed by atoms with Gasteiger partial charge >= 0.3 is 0 Å². The number of fused-ring (bicyclic) bond motifs is 2. The highest BCUT2D eigenvalue weighted by atomic mass is 16.2. The van der Waals surface area contributed by atoms with Gasteiger partial charge in [0.15, 0.2) is 11.6 Å². The molecule has 0 amide bonds. The maximum Gasteiger partial charge on any atom is 0.171 e. The summed E-state index contributed by atoms with van der Waals surface area (Å²) in [4.78, 5) is 24.1. The maximum atomic E-state index is 12.2. The number of benzene rings is 2. The maximum absolute atomic E-state index is 12.2. The molecule has 2 aliphatic rings. The van der Waals surface area contributed by atoms with Crippen molar-refractivity contribution in [3.63, 3.8) is 0 Å². The molecule has 0 spiro atoms. The minimum Gasteiger partial charge on any atom is -0.294 e. The van der Waals surface area contributed by atoms with E-state index in [0.717, 1.165) is 23.1 Å². The monoisotopic (exact) mass is 274 g/mol. The third-order valence-corrected chi connectivity index (χ3v) is 4.39. The second kappa shape index (κ2) is 4.52. The smallest absolute Gasteiger partial charge is 0.171 e. The van der Waals surface area contributed by atoms with Crippen molar-refractivity contribution in [1.29, 1.82) is 0 Å². The molecule has 2 aromatic carbocycles. The standard InChI is InChI=1S/C19H14O2/c20-17-11-18(21)19-15-8-4-7-13(12-5-2-1-3-6-12)14(15)9-10-16(17)19/h1-8H,9-11H2. The van der Waals surface area contributed by atoms with E-state index in [1.54, 1.807) is 0 Å². The van der Waals surface area contributed by atoms with Crippen molar-refractivity contribution < 1.29 is 9.59 Å². The molecule has 0 saturated heterocycles. The lowest BCUT2D eigenvalue weighted by Crippen LogP contribution is -2.08. The van der Waals surface area contributed by atoms with E-state index in [1.807, 2.05) is 30.3 Å². The Balaban J connectivity index is 1.95. The molecule has 21 heavy (non-hydrogen) atoms. The quantitative estimate of drug-likeness (QED) is 0.745. The number of rotatable bonds is 1. The summed E-state index contributed by atoms with van der Waals surface area (Å²) in [6.07, 6.45) is 1.58. The van der Waals surface area contributed by atoms with E-state index in [1.165, 1.54) is 11.1 Å². The zero-order valence-corrected chi connectivity index (χ0v) is 11.6. The van der Waals surface area contributed by atoms with Crippen LogP contribution < -0.4 is 0 Å². The van der Waals surface area contributed by atoms with E-state index in [-0.39, 0.29) is 18.0 Å². The first-order valence-electron chi connectivity index (χ1n) is 7.23. The largest absolute Gasteiger partial charge is 0.294 e. The normalized spacial score (nSPS) is 17.0. The van der Waals surface area contributed by atoms with Gasteiger partial charge in [-0.15, -0.1) is 0 Å². The molecule has 102 valence electrons. The van der Waals surface area contributed by atoms with Crippen molar-refractivity contribution in [3.05, 3.63) is 65.2 Å². The van der Waals surface area contributed by atoms with Gasteiger partial charge in [-0.1, -0.05) is 48.5 Å². The third kappa shape index (κ3) is 1.79. The molecular weight excluding hydrogens is 260 g/mol. The SMILES string of the molecule is O=C1CC(=O)C2=C1CCc1c2cccc1-c1ccccc1. The zero-order valence-electron chi connectivity index (χ0n) is 11.6. The summed E-state index contributed by atoms with van der Waals surface area (Å²) in [6.45, 7) is 0. The molecule has 0 bridgehead atoms. The highest BCUT2D eigenvalue weighted by Crippen LogP contribution is 2.41. The van der Waals surface area contributed by atoms with Crippen molar-refractivity contribution in [2.24, 2.45) is 0 Å². The second-order valence-electron chi connectivity index (χ2n) is 5.57. The molecule has 2 heteroatoms. The number of hydrogen-bond acceptors (Lipinski definition) is 2. The Kier molecular flexibility index (Phi) is 2.64. The van der Waals surface area contributed by atoms with E-state index in [4.69, 9.17) is 0 Å². The van der Waals surface area contributed by atoms with Crippen LogP contribution in [0.2, 0.25) is 0 Å². The Morgan fingerprint density at radius 3 is 2.29 bits per heavy atom. The Morgan fingerprint density at radius 1 is 0.714 bits per heavy atom. The van der Waals surface area contributed by atoms with Gasteiger partial charge in [-0.2, -0.15) is 0 Å². The highest BCUT2D eigenvalue weighted by Gasteiger charge is 2.35. The predicted octanol–water partition coefficient (Wildman–Crippen LogP) is 3.60. The predicted molar refractivity (Wildman–Crippen MR) is 81.8 cm³/mol. The number of carbonyl (C=O) groups excluding carboxylic acids is 2. The van der Waals surface area contributed by atoms with Gasteiger partial charge in [0.2, 0.25) is 0 Å². The average Bonchev–Trinajstić information content (AvgIpc) is 2.82. The minimum atomic E-state index is -0.0128. The number of Topliss-reactive ketones (excluding diaryl/α,β-unsaturated/α-hetero) is 2. The van der Waals surface area contributed by atoms with Gasteiger partial charge in [0, 0.05) is 11.1 Å². The first-order chi connectivity index (χ1) is 10.3. The second-order valence-corrected chi connectivity index (χ2v) is 5.57. The van der Waals surface area contributed by atoms with E-state index in [2.05, 4.69) is 18.2 Å². The lowest BCUT2D eigenvalue weighted by molar-refractivity contribution is -0.120. The van der Waals surface area contributed by atoms with Gasteiger partial charge in [-0.05, 0) is 35.1 Å². The average molecular weight is 274 g/mol. The van der Waals surface area contributed by atoms with Crippen LogP contribution in [0.15, 0.2) is 54.1 Å². The summed E-state index contributed by atoms with van der Waals surface area (Å²) in [5.74, 6) is 0.00641. The van der Waals surface area contributed by atoms with Gasteiger partial charge < -0.3 is 0 Å². The van der Waals surface area contributed by atoms with Crippen LogP contribution in [0.3, 0.4) is 0 Å². The van der Waals surface area contributed by atoms with Crippen LogP contribution in [0, 0.1) is 0 Å². The van der Waals surface area contributed by atoms with Crippen molar-refractivity contribution in [2.45, 2.75) is 19.3 Å². The topological polar surface area (TPSA) is 34.1 Å². The lowest BCUT2D eigenvalue weighted by Gasteiger charge is -2.20. The summed E-state index contributed by atoms with van der Waals surface area (Å²) in [5.41, 5.74) is 5.93. The summed E-state index contributed by atoms with van der Waals surface area (Å²) < 4.78 is 0. The van der Waals surface area contributed by atoms with E-state index in [0.29, 0.717) is 12.0 Å². The Hall–Kier alpha value is -2.48. The molecule has 2 aliphatic carbocycles. The molecular formula is C19H14O2. The molecule has 4 rings (SSSR count). The van der Waals surface area contributed by atoms with Crippen LogP contribution in [0.25, 0.3) is 16.7 Å². The van der Waals surface area contributed by atoms with E-state index >= 15 is 0 Å². The first kappa shape index (κ1) is 12.3. The molecule has 2 nitrogen and oxygen atoms in total. The van der Waals surface area contributed by atoms with Crippen molar-refractivity contribution in [1.82, 2.24) is 0 Å². The van der Waals surface area contributed by atoms with Gasteiger partial charge in [0.25, 0.3) is 0 Å². The summed E-state index contributed by atoms with van der Waals surface area (Å²) in [6, 6.07) is 16.3. The van der Waals surface area contributed by atoms with Gasteiger partial charge in [-0.3, -0.25) is 9.59 Å². The van der Waals surface area contributed by atoms with Crippen LogP contribution in [0.4, 0.5) is 0 Å². The molecule has 0 saturated carbocycles. The third-order valence-electron chi connectivity index (χ3n) is 4.39. The number of allylic oxidation sites excluding steroid dienone is 2. The molecule has 0 fully saturated rings. The molecule has 0 N–H and O–H groups in total. The fraction of sp³-hybridized carbons (Fsp3) is 0.158. The first-order valence-corrected chi connectivity index (χ1v) is 7.23. The Bertz CT molecular complexity index is 798. The fourth-order valence-corrected chi connectivity index (χ4v) is 3.45. The van der Waals surface area contributed by atoms with E-state index < -0.39 is 0 Å². The highest BCUT2D eigenvalue weighted by molar-refractivity contribution is 6.38. The molecule has 0 heterocycles. The molecule has 0 aromatic heterocycles. The molecule has 0 aliphatic heterocycles. The molecule has 0 atom stereocenters. The van der Waals surface area contributed by atoms with Gasteiger partial charge in [0.1, 0.15) is 0 Å². The van der Waals surface area contributed by atoms with Crippen molar-refractivity contribution in [2.75, 3.05) is 0 Å². The van der Waals surface area contributed by atoms with Gasteiger partial charge in [0.05, 0.1) is 6.42 Å². The lowest BCUT2D eigenvalue weighted by atomic mass is 9.82. The molecule has 0 radical (unpaired) electrons. The summed E-state index contributed by atoms with van der Waals surface area (Å²) >= 11 is 0. The summed E-state index contributed by atoms with van der Waals surface area (Å²) in [5, 5.41) is 0. The number of ketones is 2. The van der Waals surface area contributed by atoms with Crippen molar-refractivity contribution >= 4 is 17.1 Å². The number of hydrogen-bond donors (Lipinski definition) is 0. The zero-order chi connectivity index (χ0) is 14.4.